The molecule has 0 aliphatic carbocycles. The van der Waals surface area contributed by atoms with Gasteiger partial charge in [0, 0.05) is 6.16 Å². The van der Waals surface area contributed by atoms with Gasteiger partial charge in [0.15, 0.2) is 6.29 Å². The van der Waals surface area contributed by atoms with Crippen molar-refractivity contribution in [3.8, 4) is 0 Å². The van der Waals surface area contributed by atoms with Gasteiger partial charge in [-0.3, -0.25) is 0 Å². The third-order valence-electron chi connectivity index (χ3n) is 2.86. The monoisotopic (exact) mass is 300 g/mol. The molecule has 0 saturated carbocycles. The third-order valence-corrected chi connectivity index (χ3v) is 9.19. The molecule has 1 aliphatic heterocycles. The number of hydrogen-bond donors (Lipinski definition) is 3. The molecular formula is C10H22O6P2. The molecule has 0 bridgehead atoms. The maximum Gasteiger partial charge on any atom is 0.183 e. The zero-order chi connectivity index (χ0) is 14.1. The van der Waals surface area contributed by atoms with E-state index in [2.05, 4.69) is 0 Å². The van der Waals surface area contributed by atoms with E-state index < -0.39 is 38.9 Å². The summed E-state index contributed by atoms with van der Waals surface area (Å²) in [6, 6.07) is 0. The Hall–Kier alpha value is 0.300. The smallest absolute Gasteiger partial charge is 0.183 e. The highest BCUT2D eigenvalue weighted by Gasteiger charge is 2.42. The lowest BCUT2D eigenvalue weighted by atomic mass is 10.1. The quantitative estimate of drug-likeness (QED) is 0.634. The highest BCUT2D eigenvalue weighted by Crippen LogP contribution is 2.56. The molecule has 1 heterocycles. The minimum Gasteiger partial charge on any atom is -0.387 e. The molecule has 1 fully saturated rings. The van der Waals surface area contributed by atoms with E-state index in [4.69, 9.17) is 4.74 Å². The van der Waals surface area contributed by atoms with Crippen molar-refractivity contribution < 1.29 is 29.2 Å². The Morgan fingerprint density at radius 3 is 2.00 bits per heavy atom. The predicted octanol–water partition coefficient (Wildman–Crippen LogP) is 0.389. The Bertz CT molecular complexity index is 379. The lowest BCUT2D eigenvalue weighted by molar-refractivity contribution is -0.127. The number of rotatable bonds is 5. The molecule has 3 unspecified atom stereocenters. The van der Waals surface area contributed by atoms with Gasteiger partial charge in [-0.25, -0.2) is 0 Å². The van der Waals surface area contributed by atoms with Crippen LogP contribution in [-0.4, -0.2) is 72.0 Å². The van der Waals surface area contributed by atoms with Crippen LogP contribution in [0.1, 0.15) is 6.42 Å². The van der Waals surface area contributed by atoms with Crippen molar-refractivity contribution in [1.29, 1.82) is 0 Å². The summed E-state index contributed by atoms with van der Waals surface area (Å²) in [5.74, 6) is 0.188. The van der Waals surface area contributed by atoms with Gasteiger partial charge >= 0.3 is 0 Å². The summed E-state index contributed by atoms with van der Waals surface area (Å²) >= 11 is 0. The van der Waals surface area contributed by atoms with Crippen LogP contribution in [0.5, 0.6) is 0 Å². The number of aliphatic hydroxyl groups excluding tert-OH is 3. The Kier molecular flexibility index (Phi) is 5.21. The van der Waals surface area contributed by atoms with Gasteiger partial charge in [0.1, 0.15) is 12.2 Å². The van der Waals surface area contributed by atoms with E-state index in [0.717, 1.165) is 0 Å². The first-order valence-corrected chi connectivity index (χ1v) is 11.1. The maximum atomic E-state index is 12.2. The minimum absolute atomic E-state index is 0.188. The van der Waals surface area contributed by atoms with Crippen molar-refractivity contribution in [3.05, 3.63) is 0 Å². The highest BCUT2D eigenvalue weighted by atomic mass is 31.2. The lowest BCUT2D eigenvalue weighted by Crippen LogP contribution is -2.32. The summed E-state index contributed by atoms with van der Waals surface area (Å²) in [5.41, 5.74) is 0. The van der Waals surface area contributed by atoms with Crippen molar-refractivity contribution >= 4 is 14.3 Å². The first-order chi connectivity index (χ1) is 8.02. The Morgan fingerprint density at radius 2 is 1.61 bits per heavy atom. The number of aliphatic hydroxyl groups is 3. The van der Waals surface area contributed by atoms with Crippen LogP contribution in [0.3, 0.4) is 0 Å². The van der Waals surface area contributed by atoms with E-state index in [9.17, 15) is 24.4 Å². The van der Waals surface area contributed by atoms with E-state index in [0.29, 0.717) is 0 Å². The van der Waals surface area contributed by atoms with Crippen molar-refractivity contribution in [1.82, 2.24) is 0 Å². The van der Waals surface area contributed by atoms with Crippen molar-refractivity contribution in [2.75, 3.05) is 32.1 Å². The van der Waals surface area contributed by atoms with Gasteiger partial charge in [0.25, 0.3) is 0 Å². The second-order valence-corrected chi connectivity index (χ2v) is 12.9. The topological polar surface area (TPSA) is 104 Å². The molecule has 1 aliphatic rings. The average Bonchev–Trinajstić information content (AvgIpc) is 2.39. The van der Waals surface area contributed by atoms with Crippen LogP contribution in [-0.2, 0) is 13.9 Å². The summed E-state index contributed by atoms with van der Waals surface area (Å²) in [6.45, 7) is 4.77. The molecule has 1 saturated heterocycles. The van der Waals surface area contributed by atoms with Gasteiger partial charge in [-0.05, 0) is 26.4 Å². The second-order valence-electron chi connectivity index (χ2n) is 5.57. The summed E-state index contributed by atoms with van der Waals surface area (Å²) < 4.78 is 28.9. The SMILES string of the molecule is CP(C)(=O)CP(C)(=O)CC[C@H]1OC(O)[C@@H](O)C1O. The Labute approximate surface area is 107 Å². The van der Waals surface area contributed by atoms with Crippen LogP contribution in [0, 0.1) is 0 Å². The van der Waals surface area contributed by atoms with Crippen LogP contribution < -0.4 is 0 Å². The van der Waals surface area contributed by atoms with Gasteiger partial charge in [-0.15, -0.1) is 0 Å². The number of ether oxygens (including phenoxy) is 1. The van der Waals surface area contributed by atoms with Crippen molar-refractivity contribution in [2.24, 2.45) is 0 Å². The molecule has 6 nitrogen and oxygen atoms in total. The zero-order valence-corrected chi connectivity index (χ0v) is 12.7. The highest BCUT2D eigenvalue weighted by molar-refractivity contribution is 7.79. The van der Waals surface area contributed by atoms with E-state index in [-0.39, 0.29) is 18.5 Å². The molecule has 0 radical (unpaired) electrons. The molecule has 0 aromatic heterocycles. The van der Waals surface area contributed by atoms with E-state index in [1.54, 1.807) is 20.0 Å². The predicted molar refractivity (Wildman–Crippen MR) is 70.2 cm³/mol. The molecule has 8 heteroatoms. The van der Waals surface area contributed by atoms with Crippen LogP contribution >= 0.6 is 14.3 Å². The molecule has 3 N–H and O–H groups in total. The molecule has 0 spiro atoms. The second kappa shape index (κ2) is 5.74. The molecule has 0 aromatic rings. The van der Waals surface area contributed by atoms with Gasteiger partial charge in [-0.1, -0.05) is 0 Å². The van der Waals surface area contributed by atoms with Crippen LogP contribution in [0.2, 0.25) is 0 Å². The summed E-state index contributed by atoms with van der Waals surface area (Å²) in [4.78, 5) is 0. The first-order valence-electron chi connectivity index (χ1n) is 5.81. The Balaban J connectivity index is 2.51. The first kappa shape index (κ1) is 16.4. The van der Waals surface area contributed by atoms with Gasteiger partial charge < -0.3 is 29.2 Å². The minimum atomic E-state index is -2.55. The van der Waals surface area contributed by atoms with Crippen LogP contribution in [0.15, 0.2) is 0 Å². The van der Waals surface area contributed by atoms with E-state index in [1.807, 2.05) is 0 Å². The number of hydrogen-bond acceptors (Lipinski definition) is 6. The molecule has 0 aromatic carbocycles. The summed E-state index contributed by atoms with van der Waals surface area (Å²) in [5, 5.41) is 28.1. The van der Waals surface area contributed by atoms with E-state index in [1.165, 1.54) is 0 Å². The molecule has 108 valence electrons. The lowest BCUT2D eigenvalue weighted by Gasteiger charge is -2.19. The average molecular weight is 300 g/mol. The zero-order valence-electron chi connectivity index (χ0n) is 10.9. The summed E-state index contributed by atoms with van der Waals surface area (Å²) in [6.07, 6.45) is -4.08. The maximum absolute atomic E-state index is 12.2. The largest absolute Gasteiger partial charge is 0.387 e. The Morgan fingerprint density at radius 1 is 1.06 bits per heavy atom. The van der Waals surface area contributed by atoms with Crippen LogP contribution in [0.25, 0.3) is 0 Å². The fraction of sp³-hybridized carbons (Fsp3) is 1.00. The fourth-order valence-corrected chi connectivity index (χ4v) is 9.29. The molecular weight excluding hydrogens is 278 g/mol. The van der Waals surface area contributed by atoms with Gasteiger partial charge in [0.05, 0.1) is 26.3 Å². The van der Waals surface area contributed by atoms with E-state index >= 15 is 0 Å². The van der Waals surface area contributed by atoms with Crippen molar-refractivity contribution in [2.45, 2.75) is 31.0 Å². The van der Waals surface area contributed by atoms with Gasteiger partial charge in [0.2, 0.25) is 0 Å². The fourth-order valence-electron chi connectivity index (χ4n) is 2.16. The van der Waals surface area contributed by atoms with Crippen molar-refractivity contribution in [3.63, 3.8) is 0 Å². The normalized spacial score (nSPS) is 36.6. The molecule has 5 atom stereocenters. The molecule has 1 rings (SSSR count). The third kappa shape index (κ3) is 4.76. The van der Waals surface area contributed by atoms with Gasteiger partial charge in [-0.2, -0.15) is 0 Å². The molecule has 18 heavy (non-hydrogen) atoms. The van der Waals surface area contributed by atoms with Crippen LogP contribution in [0.4, 0.5) is 0 Å². The standard InChI is InChI=1S/C10H22O6P2/c1-17(2,14)6-18(3,15)5-4-7-8(11)9(12)10(13)16-7/h7-13H,4-6H2,1-3H3/t7-,8?,9+,10?,18?/m1/s1. The molecule has 0 amide bonds. The summed E-state index contributed by atoms with van der Waals surface area (Å²) in [7, 11) is -4.90.